The average molecular weight is 306 g/mol. The molecule has 0 aliphatic carbocycles. The van der Waals surface area contributed by atoms with Crippen molar-refractivity contribution < 1.29 is 4.74 Å². The zero-order valence-corrected chi connectivity index (χ0v) is 12.2. The second-order valence-electron chi connectivity index (χ2n) is 3.75. The molecular formula is C12H20BrNOS. The molecule has 0 spiro atoms. The summed E-state index contributed by atoms with van der Waals surface area (Å²) in [6, 6.07) is 2.13. The van der Waals surface area contributed by atoms with E-state index < -0.39 is 0 Å². The van der Waals surface area contributed by atoms with Crippen LogP contribution >= 0.6 is 27.3 Å². The number of hydrogen-bond acceptors (Lipinski definition) is 3. The predicted octanol–water partition coefficient (Wildman–Crippen LogP) is 3.46. The first-order valence-electron chi connectivity index (χ1n) is 5.76. The topological polar surface area (TPSA) is 21.3 Å². The molecule has 1 rings (SSSR count). The SMILES string of the molecule is COCCNCCCCCc1sccc1Br. The molecule has 0 bridgehead atoms. The molecule has 1 N–H and O–H groups in total. The lowest BCUT2D eigenvalue weighted by molar-refractivity contribution is 0.199. The van der Waals surface area contributed by atoms with Crippen LogP contribution in [0, 0.1) is 0 Å². The van der Waals surface area contributed by atoms with Crippen molar-refractivity contribution in [2.75, 3.05) is 26.8 Å². The average Bonchev–Trinajstić information content (AvgIpc) is 2.68. The van der Waals surface area contributed by atoms with Crippen LogP contribution in [0.1, 0.15) is 24.1 Å². The number of unbranched alkanes of at least 4 members (excludes halogenated alkanes) is 2. The van der Waals surface area contributed by atoms with Gasteiger partial charge < -0.3 is 10.1 Å². The van der Waals surface area contributed by atoms with Gasteiger partial charge in [0.05, 0.1) is 6.61 Å². The molecular weight excluding hydrogens is 286 g/mol. The van der Waals surface area contributed by atoms with Crippen LogP contribution in [0.2, 0.25) is 0 Å². The Morgan fingerprint density at radius 1 is 1.31 bits per heavy atom. The highest BCUT2D eigenvalue weighted by atomic mass is 79.9. The van der Waals surface area contributed by atoms with E-state index in [-0.39, 0.29) is 0 Å². The molecule has 0 unspecified atom stereocenters. The van der Waals surface area contributed by atoms with Crippen LogP contribution in [0.15, 0.2) is 15.9 Å². The third-order valence-corrected chi connectivity index (χ3v) is 4.42. The van der Waals surface area contributed by atoms with Crippen molar-refractivity contribution >= 4 is 27.3 Å². The van der Waals surface area contributed by atoms with Gasteiger partial charge in [0.2, 0.25) is 0 Å². The van der Waals surface area contributed by atoms with Crippen molar-refractivity contribution in [3.8, 4) is 0 Å². The van der Waals surface area contributed by atoms with Gasteiger partial charge in [-0.3, -0.25) is 0 Å². The minimum Gasteiger partial charge on any atom is -0.383 e. The fourth-order valence-electron chi connectivity index (χ4n) is 1.52. The molecule has 0 saturated heterocycles. The number of hydrogen-bond donors (Lipinski definition) is 1. The molecule has 0 aliphatic heterocycles. The van der Waals surface area contributed by atoms with Crippen LogP contribution in [0.5, 0.6) is 0 Å². The minimum absolute atomic E-state index is 0.808. The first kappa shape index (κ1) is 14.2. The smallest absolute Gasteiger partial charge is 0.0587 e. The van der Waals surface area contributed by atoms with Crippen LogP contribution < -0.4 is 5.32 Å². The highest BCUT2D eigenvalue weighted by molar-refractivity contribution is 9.10. The first-order valence-corrected chi connectivity index (χ1v) is 7.43. The van der Waals surface area contributed by atoms with Crippen molar-refractivity contribution in [3.05, 3.63) is 20.8 Å². The van der Waals surface area contributed by atoms with E-state index in [1.54, 1.807) is 7.11 Å². The summed E-state index contributed by atoms with van der Waals surface area (Å²) in [5.74, 6) is 0. The summed E-state index contributed by atoms with van der Waals surface area (Å²) < 4.78 is 6.24. The van der Waals surface area contributed by atoms with Gasteiger partial charge >= 0.3 is 0 Å². The van der Waals surface area contributed by atoms with Crippen molar-refractivity contribution in [1.29, 1.82) is 0 Å². The second kappa shape index (κ2) is 9.16. The van der Waals surface area contributed by atoms with E-state index in [0.717, 1.165) is 19.7 Å². The summed E-state index contributed by atoms with van der Waals surface area (Å²) in [4.78, 5) is 1.48. The second-order valence-corrected chi connectivity index (χ2v) is 5.60. The summed E-state index contributed by atoms with van der Waals surface area (Å²) in [5.41, 5.74) is 0. The van der Waals surface area contributed by atoms with Gasteiger partial charge in [0.15, 0.2) is 0 Å². The molecule has 16 heavy (non-hydrogen) atoms. The van der Waals surface area contributed by atoms with Gasteiger partial charge in [-0.05, 0) is 53.2 Å². The van der Waals surface area contributed by atoms with Crippen molar-refractivity contribution in [2.45, 2.75) is 25.7 Å². The third-order valence-electron chi connectivity index (χ3n) is 2.43. The Balaban J connectivity index is 1.91. The highest BCUT2D eigenvalue weighted by Crippen LogP contribution is 2.24. The third kappa shape index (κ3) is 5.99. The summed E-state index contributed by atoms with van der Waals surface area (Å²) >= 11 is 5.41. The minimum atomic E-state index is 0.808. The van der Waals surface area contributed by atoms with E-state index in [2.05, 4.69) is 32.7 Å². The van der Waals surface area contributed by atoms with Crippen LogP contribution in [-0.2, 0) is 11.2 Å². The quantitative estimate of drug-likeness (QED) is 0.706. The highest BCUT2D eigenvalue weighted by Gasteiger charge is 2.00. The van der Waals surface area contributed by atoms with Gasteiger partial charge in [0, 0.05) is 23.0 Å². The summed E-state index contributed by atoms with van der Waals surface area (Å²) in [7, 11) is 1.74. The van der Waals surface area contributed by atoms with Gasteiger partial charge in [0.25, 0.3) is 0 Å². The Morgan fingerprint density at radius 2 is 2.19 bits per heavy atom. The summed E-state index contributed by atoms with van der Waals surface area (Å²) in [6.45, 7) is 2.88. The maximum atomic E-state index is 4.97. The lowest BCUT2D eigenvalue weighted by atomic mass is 10.2. The van der Waals surface area contributed by atoms with E-state index >= 15 is 0 Å². The Hall–Kier alpha value is 0.100. The molecule has 0 radical (unpaired) electrons. The molecule has 0 aliphatic rings. The molecule has 0 amide bonds. The van der Waals surface area contributed by atoms with Crippen molar-refractivity contribution in [1.82, 2.24) is 5.32 Å². The molecule has 1 heterocycles. The van der Waals surface area contributed by atoms with E-state index in [0.29, 0.717) is 0 Å². The Labute approximate surface area is 111 Å². The molecule has 0 atom stereocenters. The fraction of sp³-hybridized carbons (Fsp3) is 0.667. The number of halogens is 1. The van der Waals surface area contributed by atoms with Crippen molar-refractivity contribution in [3.63, 3.8) is 0 Å². The Morgan fingerprint density at radius 3 is 2.88 bits per heavy atom. The Bertz CT molecular complexity index is 278. The van der Waals surface area contributed by atoms with Crippen LogP contribution in [-0.4, -0.2) is 26.8 Å². The van der Waals surface area contributed by atoms with Gasteiger partial charge in [-0.2, -0.15) is 0 Å². The van der Waals surface area contributed by atoms with Gasteiger partial charge in [0.1, 0.15) is 0 Å². The lowest BCUT2D eigenvalue weighted by Gasteiger charge is -2.03. The van der Waals surface area contributed by atoms with Gasteiger partial charge in [-0.25, -0.2) is 0 Å². The molecule has 4 heteroatoms. The van der Waals surface area contributed by atoms with E-state index in [1.807, 2.05) is 11.3 Å². The normalized spacial score (nSPS) is 10.9. The predicted molar refractivity (Wildman–Crippen MR) is 74.3 cm³/mol. The molecule has 1 aromatic rings. The van der Waals surface area contributed by atoms with Crippen LogP contribution in [0.4, 0.5) is 0 Å². The zero-order valence-electron chi connectivity index (χ0n) is 9.80. The number of thiophene rings is 1. The molecule has 0 saturated carbocycles. The molecule has 1 aromatic heterocycles. The van der Waals surface area contributed by atoms with E-state index in [1.165, 1.54) is 35.0 Å². The number of ether oxygens (including phenoxy) is 1. The molecule has 92 valence electrons. The summed E-state index contributed by atoms with van der Waals surface area (Å²) in [5, 5.41) is 5.50. The maximum absolute atomic E-state index is 4.97. The molecule has 2 nitrogen and oxygen atoms in total. The monoisotopic (exact) mass is 305 g/mol. The molecule has 0 aromatic carbocycles. The van der Waals surface area contributed by atoms with E-state index in [9.17, 15) is 0 Å². The van der Waals surface area contributed by atoms with Crippen LogP contribution in [0.25, 0.3) is 0 Å². The summed E-state index contributed by atoms with van der Waals surface area (Å²) in [6.07, 6.45) is 5.04. The largest absolute Gasteiger partial charge is 0.383 e. The Kier molecular flexibility index (Phi) is 8.11. The lowest BCUT2D eigenvalue weighted by Crippen LogP contribution is -2.20. The first-order chi connectivity index (χ1) is 7.84. The van der Waals surface area contributed by atoms with Crippen molar-refractivity contribution in [2.24, 2.45) is 0 Å². The number of aryl methyl sites for hydroxylation is 1. The number of rotatable bonds is 9. The van der Waals surface area contributed by atoms with Gasteiger partial charge in [-0.1, -0.05) is 6.42 Å². The standard InChI is InChI=1S/C12H20BrNOS/c1-15-9-8-14-7-4-2-3-5-12-11(13)6-10-16-12/h6,10,14H,2-5,7-9H2,1H3. The number of nitrogens with one attached hydrogen (secondary N) is 1. The maximum Gasteiger partial charge on any atom is 0.0587 e. The van der Waals surface area contributed by atoms with Gasteiger partial charge in [-0.15, -0.1) is 11.3 Å². The van der Waals surface area contributed by atoms with E-state index in [4.69, 9.17) is 4.74 Å². The van der Waals surface area contributed by atoms with Crippen LogP contribution in [0.3, 0.4) is 0 Å². The molecule has 0 fully saturated rings. The fourth-order valence-corrected chi connectivity index (χ4v) is 3.11. The zero-order chi connectivity index (χ0) is 11.6. The number of methoxy groups -OCH3 is 1.